The Bertz CT molecular complexity index is 269. The van der Waals surface area contributed by atoms with Crippen LogP contribution in [0.15, 0.2) is 23.4 Å². The number of unbranched alkanes of at least 4 members (excludes halogenated alkanes) is 1. The summed E-state index contributed by atoms with van der Waals surface area (Å²) >= 11 is 0. The Balaban J connectivity index is 2.50. The predicted molar refractivity (Wildman–Crippen MR) is 56.0 cm³/mol. The second-order valence-corrected chi connectivity index (χ2v) is 3.34. The van der Waals surface area contributed by atoms with Crippen molar-refractivity contribution < 1.29 is 4.79 Å². The average Bonchev–Trinajstić information content (AvgIpc) is 2.26. The van der Waals surface area contributed by atoms with Gasteiger partial charge in [-0.1, -0.05) is 25.0 Å². The van der Waals surface area contributed by atoms with E-state index in [1.54, 1.807) is 6.08 Å². The first-order chi connectivity index (χ1) is 6.77. The maximum absolute atomic E-state index is 11.1. The van der Waals surface area contributed by atoms with Crippen molar-refractivity contribution in [2.24, 2.45) is 5.84 Å². The van der Waals surface area contributed by atoms with E-state index in [4.69, 9.17) is 5.84 Å². The first-order valence-corrected chi connectivity index (χ1v) is 4.92. The van der Waals surface area contributed by atoms with Gasteiger partial charge in [-0.3, -0.25) is 10.2 Å². The van der Waals surface area contributed by atoms with Gasteiger partial charge < -0.3 is 5.32 Å². The number of amides is 1. The van der Waals surface area contributed by atoms with Crippen molar-refractivity contribution in [3.63, 3.8) is 0 Å². The van der Waals surface area contributed by atoms with Crippen LogP contribution in [0.25, 0.3) is 0 Å². The van der Waals surface area contributed by atoms with Crippen molar-refractivity contribution in [2.45, 2.75) is 26.2 Å². The number of carbonyl (C=O) groups excluding carboxylic acids is 1. The van der Waals surface area contributed by atoms with Gasteiger partial charge in [0.1, 0.15) is 5.70 Å². The Morgan fingerprint density at radius 3 is 2.93 bits per heavy atom. The van der Waals surface area contributed by atoms with Gasteiger partial charge >= 0.3 is 0 Å². The van der Waals surface area contributed by atoms with Gasteiger partial charge in [-0.2, -0.15) is 0 Å². The highest BCUT2D eigenvalue weighted by molar-refractivity contribution is 5.92. The summed E-state index contributed by atoms with van der Waals surface area (Å²) < 4.78 is 0. The van der Waals surface area contributed by atoms with E-state index >= 15 is 0 Å². The van der Waals surface area contributed by atoms with E-state index in [0.717, 1.165) is 13.0 Å². The highest BCUT2D eigenvalue weighted by Gasteiger charge is 2.10. The number of nitrogens with two attached hydrogens (primary N) is 1. The van der Waals surface area contributed by atoms with Crippen LogP contribution in [0.2, 0.25) is 0 Å². The third kappa shape index (κ3) is 2.88. The minimum Gasteiger partial charge on any atom is -0.377 e. The molecular formula is C10H17N3O. The molecule has 4 N–H and O–H groups in total. The summed E-state index contributed by atoms with van der Waals surface area (Å²) in [6.45, 7) is 2.92. The van der Waals surface area contributed by atoms with Gasteiger partial charge in [-0.25, -0.2) is 5.84 Å². The van der Waals surface area contributed by atoms with E-state index in [1.165, 1.54) is 18.4 Å². The van der Waals surface area contributed by atoms with E-state index < -0.39 is 0 Å². The normalized spacial score (nSPS) is 15.3. The lowest BCUT2D eigenvalue weighted by Crippen LogP contribution is -2.37. The molecule has 0 radical (unpaired) electrons. The van der Waals surface area contributed by atoms with Crippen LogP contribution < -0.4 is 16.6 Å². The molecule has 0 saturated heterocycles. The number of rotatable bonds is 4. The second kappa shape index (κ2) is 5.44. The molecule has 14 heavy (non-hydrogen) atoms. The van der Waals surface area contributed by atoms with Gasteiger partial charge in [0.25, 0.3) is 5.91 Å². The van der Waals surface area contributed by atoms with Crippen LogP contribution in [0.5, 0.6) is 0 Å². The lowest BCUT2D eigenvalue weighted by atomic mass is 10.1. The number of hydrogen-bond donors (Lipinski definition) is 3. The van der Waals surface area contributed by atoms with Crippen LogP contribution in [0.4, 0.5) is 0 Å². The highest BCUT2D eigenvalue weighted by atomic mass is 16.2. The quantitative estimate of drug-likeness (QED) is 0.349. The van der Waals surface area contributed by atoms with Crippen molar-refractivity contribution in [1.82, 2.24) is 10.7 Å². The van der Waals surface area contributed by atoms with Crippen molar-refractivity contribution >= 4 is 5.91 Å². The molecule has 0 aromatic heterocycles. The van der Waals surface area contributed by atoms with Gasteiger partial charge in [0.15, 0.2) is 0 Å². The molecule has 78 valence electrons. The maximum atomic E-state index is 11.1. The van der Waals surface area contributed by atoms with E-state index in [2.05, 4.69) is 17.7 Å². The molecule has 0 aromatic carbocycles. The Morgan fingerprint density at radius 2 is 2.43 bits per heavy atom. The Morgan fingerprint density at radius 1 is 1.64 bits per heavy atom. The summed E-state index contributed by atoms with van der Waals surface area (Å²) in [4.78, 5) is 11.1. The van der Waals surface area contributed by atoms with E-state index in [1.807, 2.05) is 6.08 Å². The topological polar surface area (TPSA) is 67.2 Å². The van der Waals surface area contributed by atoms with Gasteiger partial charge in [0.2, 0.25) is 0 Å². The van der Waals surface area contributed by atoms with Crippen LogP contribution in [0.3, 0.4) is 0 Å². The monoisotopic (exact) mass is 195 g/mol. The van der Waals surface area contributed by atoms with Gasteiger partial charge in [-0.15, -0.1) is 0 Å². The zero-order valence-corrected chi connectivity index (χ0v) is 8.47. The molecule has 0 atom stereocenters. The molecule has 1 aliphatic rings. The molecule has 0 aromatic rings. The molecule has 4 nitrogen and oxygen atoms in total. The van der Waals surface area contributed by atoms with E-state index in [-0.39, 0.29) is 5.91 Å². The molecule has 1 rings (SSSR count). The van der Waals surface area contributed by atoms with Gasteiger partial charge in [-0.05, 0) is 18.9 Å². The first-order valence-electron chi connectivity index (χ1n) is 4.92. The molecule has 1 heterocycles. The second-order valence-electron chi connectivity index (χ2n) is 3.34. The third-order valence-corrected chi connectivity index (χ3v) is 2.22. The summed E-state index contributed by atoms with van der Waals surface area (Å²) in [6, 6.07) is 0. The van der Waals surface area contributed by atoms with Crippen LogP contribution in [-0.4, -0.2) is 12.5 Å². The summed E-state index contributed by atoms with van der Waals surface area (Å²) in [7, 11) is 0. The SMILES string of the molecule is CCCCC1=CC=C(C(=O)NN)NC1. The standard InChI is InChI=1S/C10H17N3O/c1-2-3-4-8-5-6-9(12-7-8)10(14)13-11/h5-6,12H,2-4,7,11H2,1H3,(H,13,14). The smallest absolute Gasteiger partial charge is 0.281 e. The highest BCUT2D eigenvalue weighted by Crippen LogP contribution is 2.11. The van der Waals surface area contributed by atoms with Crippen LogP contribution >= 0.6 is 0 Å². The maximum Gasteiger partial charge on any atom is 0.281 e. The van der Waals surface area contributed by atoms with E-state index in [0.29, 0.717) is 5.70 Å². The number of dihydropyridines is 1. The summed E-state index contributed by atoms with van der Waals surface area (Å²) in [5, 5.41) is 3.03. The molecule has 4 heteroatoms. The van der Waals surface area contributed by atoms with Crippen LogP contribution in [0, 0.1) is 0 Å². The molecule has 0 bridgehead atoms. The van der Waals surface area contributed by atoms with Crippen molar-refractivity contribution in [2.75, 3.05) is 6.54 Å². The fourth-order valence-corrected chi connectivity index (χ4v) is 1.34. The summed E-state index contributed by atoms with van der Waals surface area (Å²) in [5.74, 6) is 4.75. The van der Waals surface area contributed by atoms with E-state index in [9.17, 15) is 4.79 Å². The molecular weight excluding hydrogens is 178 g/mol. The zero-order chi connectivity index (χ0) is 10.4. The summed E-state index contributed by atoms with van der Waals surface area (Å²) in [6.07, 6.45) is 7.25. The third-order valence-electron chi connectivity index (χ3n) is 2.22. The number of nitrogens with one attached hydrogen (secondary N) is 2. The number of allylic oxidation sites excluding steroid dienone is 2. The van der Waals surface area contributed by atoms with Gasteiger partial charge in [0, 0.05) is 6.54 Å². The minimum atomic E-state index is -0.268. The Labute approximate surface area is 84.2 Å². The van der Waals surface area contributed by atoms with Crippen molar-refractivity contribution in [3.8, 4) is 0 Å². The predicted octanol–water partition coefficient (Wildman–Crippen LogP) is 0.580. The lowest BCUT2D eigenvalue weighted by Gasteiger charge is -2.15. The first kappa shape index (κ1) is 10.8. The Hall–Kier alpha value is -1.29. The van der Waals surface area contributed by atoms with Crippen LogP contribution in [-0.2, 0) is 4.79 Å². The van der Waals surface area contributed by atoms with Gasteiger partial charge in [0.05, 0.1) is 0 Å². The fourth-order valence-electron chi connectivity index (χ4n) is 1.34. The minimum absolute atomic E-state index is 0.268. The van der Waals surface area contributed by atoms with Crippen molar-refractivity contribution in [1.29, 1.82) is 0 Å². The fraction of sp³-hybridized carbons (Fsp3) is 0.500. The number of hydrogen-bond acceptors (Lipinski definition) is 3. The zero-order valence-electron chi connectivity index (χ0n) is 8.47. The van der Waals surface area contributed by atoms with Crippen LogP contribution in [0.1, 0.15) is 26.2 Å². The molecule has 0 aliphatic carbocycles. The molecule has 1 amide bonds. The number of hydrazine groups is 1. The molecule has 0 spiro atoms. The number of carbonyl (C=O) groups is 1. The average molecular weight is 195 g/mol. The van der Waals surface area contributed by atoms with Crippen molar-refractivity contribution in [3.05, 3.63) is 23.4 Å². The Kier molecular flexibility index (Phi) is 4.19. The molecule has 0 saturated carbocycles. The largest absolute Gasteiger partial charge is 0.377 e. The molecule has 0 unspecified atom stereocenters. The summed E-state index contributed by atoms with van der Waals surface area (Å²) in [5.41, 5.74) is 3.96. The molecule has 1 aliphatic heterocycles. The lowest BCUT2D eigenvalue weighted by molar-refractivity contribution is -0.117. The molecule has 0 fully saturated rings.